The minimum Gasteiger partial charge on any atom is -0.317 e. The van der Waals surface area contributed by atoms with Crippen LogP contribution in [0, 0.1) is 11.3 Å². The Hall–Kier alpha value is -0.0800. The highest BCUT2D eigenvalue weighted by Gasteiger charge is 2.33. The Bertz CT molecular complexity index is 250. The number of piperidine rings is 1. The highest BCUT2D eigenvalue weighted by Crippen LogP contribution is 2.36. The van der Waals surface area contributed by atoms with E-state index in [1.54, 1.807) is 0 Å². The van der Waals surface area contributed by atoms with Crippen molar-refractivity contribution in [2.75, 3.05) is 26.7 Å². The zero-order valence-electron chi connectivity index (χ0n) is 13.4. The minimum absolute atomic E-state index is 0.599. The third-order valence-electron chi connectivity index (χ3n) is 6.02. The van der Waals surface area contributed by atoms with E-state index in [4.69, 9.17) is 0 Å². The van der Waals surface area contributed by atoms with Gasteiger partial charge < -0.3 is 10.2 Å². The third kappa shape index (κ3) is 3.95. The normalized spacial score (nSPS) is 31.6. The van der Waals surface area contributed by atoms with Crippen LogP contribution in [0.3, 0.4) is 0 Å². The molecule has 1 heterocycles. The van der Waals surface area contributed by atoms with Crippen LogP contribution in [-0.2, 0) is 0 Å². The fourth-order valence-corrected chi connectivity index (χ4v) is 4.23. The Balaban J connectivity index is 1.84. The second-order valence-corrected chi connectivity index (χ2v) is 7.10. The molecule has 1 saturated carbocycles. The molecular weight excluding hydrogens is 232 g/mol. The maximum atomic E-state index is 3.52. The van der Waals surface area contributed by atoms with Crippen molar-refractivity contribution in [3.05, 3.63) is 0 Å². The van der Waals surface area contributed by atoms with Gasteiger partial charge >= 0.3 is 0 Å². The van der Waals surface area contributed by atoms with E-state index >= 15 is 0 Å². The molecular formula is C17H34N2. The predicted octanol–water partition coefficient (Wildman–Crippen LogP) is 3.67. The van der Waals surface area contributed by atoms with Crippen LogP contribution in [0.25, 0.3) is 0 Å². The summed E-state index contributed by atoms with van der Waals surface area (Å²) in [5.41, 5.74) is 0.599. The van der Waals surface area contributed by atoms with E-state index in [1.807, 2.05) is 0 Å². The number of nitrogens with one attached hydrogen (secondary N) is 1. The molecule has 0 atom stereocenters. The van der Waals surface area contributed by atoms with Gasteiger partial charge in [0.2, 0.25) is 0 Å². The van der Waals surface area contributed by atoms with E-state index in [-0.39, 0.29) is 0 Å². The quantitative estimate of drug-likeness (QED) is 0.817. The Kier molecular flexibility index (Phi) is 5.70. The van der Waals surface area contributed by atoms with Gasteiger partial charge in [-0.2, -0.15) is 0 Å². The summed E-state index contributed by atoms with van der Waals surface area (Å²) in [7, 11) is 2.39. The van der Waals surface area contributed by atoms with Crippen LogP contribution in [0.1, 0.15) is 65.2 Å². The van der Waals surface area contributed by atoms with Gasteiger partial charge in [0.15, 0.2) is 0 Å². The van der Waals surface area contributed by atoms with Crippen molar-refractivity contribution in [1.29, 1.82) is 0 Å². The summed E-state index contributed by atoms with van der Waals surface area (Å²) in [6, 6.07) is 0.862. The standard InChI is InChI=1S/C17H34N2/c1-4-15-6-8-16(9-7-15)19(3)14-17(5-2)10-12-18-13-11-17/h15-16,18H,4-14H2,1-3H3. The van der Waals surface area contributed by atoms with Crippen molar-refractivity contribution in [1.82, 2.24) is 10.2 Å². The van der Waals surface area contributed by atoms with Gasteiger partial charge in [0.05, 0.1) is 0 Å². The van der Waals surface area contributed by atoms with Gasteiger partial charge in [-0.15, -0.1) is 0 Å². The van der Waals surface area contributed by atoms with Crippen molar-refractivity contribution < 1.29 is 0 Å². The fourth-order valence-electron chi connectivity index (χ4n) is 4.23. The molecule has 0 aromatic carbocycles. The topological polar surface area (TPSA) is 15.3 Å². The van der Waals surface area contributed by atoms with Crippen molar-refractivity contribution >= 4 is 0 Å². The van der Waals surface area contributed by atoms with Gasteiger partial charge in [0, 0.05) is 12.6 Å². The molecule has 0 bridgehead atoms. The summed E-state index contributed by atoms with van der Waals surface area (Å²) in [5, 5.41) is 3.52. The van der Waals surface area contributed by atoms with Gasteiger partial charge in [0.25, 0.3) is 0 Å². The Morgan fingerprint density at radius 3 is 2.21 bits per heavy atom. The molecule has 0 unspecified atom stereocenters. The lowest BCUT2D eigenvalue weighted by molar-refractivity contribution is 0.0752. The van der Waals surface area contributed by atoms with Gasteiger partial charge in [-0.25, -0.2) is 0 Å². The van der Waals surface area contributed by atoms with Gasteiger partial charge in [-0.1, -0.05) is 20.3 Å². The van der Waals surface area contributed by atoms with Crippen LogP contribution >= 0.6 is 0 Å². The summed E-state index contributed by atoms with van der Waals surface area (Å²) < 4.78 is 0. The summed E-state index contributed by atoms with van der Waals surface area (Å²) in [6.45, 7) is 8.53. The first-order chi connectivity index (χ1) is 9.19. The van der Waals surface area contributed by atoms with Crippen LogP contribution in [0.2, 0.25) is 0 Å². The van der Waals surface area contributed by atoms with Crippen molar-refractivity contribution in [2.45, 2.75) is 71.3 Å². The third-order valence-corrected chi connectivity index (χ3v) is 6.02. The molecule has 1 aliphatic carbocycles. The molecule has 0 aromatic heterocycles. The smallest absolute Gasteiger partial charge is 0.00926 e. The molecule has 19 heavy (non-hydrogen) atoms. The molecule has 1 N–H and O–H groups in total. The number of rotatable bonds is 5. The highest BCUT2D eigenvalue weighted by atomic mass is 15.1. The zero-order chi connectivity index (χ0) is 13.7. The Morgan fingerprint density at radius 2 is 1.68 bits per heavy atom. The van der Waals surface area contributed by atoms with Gasteiger partial charge in [-0.3, -0.25) is 0 Å². The van der Waals surface area contributed by atoms with E-state index in [0.717, 1.165) is 12.0 Å². The molecule has 0 spiro atoms. The fraction of sp³-hybridized carbons (Fsp3) is 1.00. The minimum atomic E-state index is 0.599. The molecule has 2 fully saturated rings. The first-order valence-electron chi connectivity index (χ1n) is 8.60. The summed E-state index contributed by atoms with van der Waals surface area (Å²) in [6.07, 6.45) is 11.3. The molecule has 0 aromatic rings. The average Bonchev–Trinajstić information content (AvgIpc) is 2.48. The number of hydrogen-bond donors (Lipinski definition) is 1. The van der Waals surface area contributed by atoms with E-state index in [9.17, 15) is 0 Å². The second-order valence-electron chi connectivity index (χ2n) is 7.10. The molecule has 2 heteroatoms. The van der Waals surface area contributed by atoms with Crippen molar-refractivity contribution in [3.8, 4) is 0 Å². The molecule has 1 aliphatic heterocycles. The second kappa shape index (κ2) is 7.08. The summed E-state index contributed by atoms with van der Waals surface area (Å²) in [4.78, 5) is 2.71. The van der Waals surface area contributed by atoms with E-state index < -0.39 is 0 Å². The molecule has 2 rings (SSSR count). The van der Waals surface area contributed by atoms with E-state index in [0.29, 0.717) is 5.41 Å². The molecule has 1 saturated heterocycles. The lowest BCUT2D eigenvalue weighted by Crippen LogP contribution is -2.47. The zero-order valence-corrected chi connectivity index (χ0v) is 13.4. The number of hydrogen-bond acceptors (Lipinski definition) is 2. The predicted molar refractivity (Wildman–Crippen MR) is 83.5 cm³/mol. The highest BCUT2D eigenvalue weighted by molar-refractivity contribution is 4.88. The average molecular weight is 266 g/mol. The Labute approximate surface area is 120 Å². The van der Waals surface area contributed by atoms with Crippen molar-refractivity contribution in [2.24, 2.45) is 11.3 Å². The van der Waals surface area contributed by atoms with Crippen LogP contribution in [0.5, 0.6) is 0 Å². The maximum absolute atomic E-state index is 3.52. The maximum Gasteiger partial charge on any atom is 0.00926 e. The van der Waals surface area contributed by atoms with Crippen LogP contribution in [0.15, 0.2) is 0 Å². The van der Waals surface area contributed by atoms with E-state index in [1.165, 1.54) is 71.0 Å². The lowest BCUT2D eigenvalue weighted by Gasteiger charge is -2.43. The molecule has 0 radical (unpaired) electrons. The van der Waals surface area contributed by atoms with Crippen molar-refractivity contribution in [3.63, 3.8) is 0 Å². The molecule has 2 aliphatic rings. The number of nitrogens with zero attached hydrogens (tertiary/aromatic N) is 1. The van der Waals surface area contributed by atoms with Crippen LogP contribution in [-0.4, -0.2) is 37.6 Å². The Morgan fingerprint density at radius 1 is 1.05 bits per heavy atom. The SMILES string of the molecule is CCC1CCC(N(C)CC2(CC)CCNCC2)CC1. The van der Waals surface area contributed by atoms with E-state index in [2.05, 4.69) is 31.1 Å². The molecule has 112 valence electrons. The summed E-state index contributed by atoms with van der Waals surface area (Å²) >= 11 is 0. The van der Waals surface area contributed by atoms with Gasteiger partial charge in [-0.05, 0) is 76.4 Å². The monoisotopic (exact) mass is 266 g/mol. The molecule has 2 nitrogen and oxygen atoms in total. The van der Waals surface area contributed by atoms with Crippen LogP contribution in [0.4, 0.5) is 0 Å². The van der Waals surface area contributed by atoms with Gasteiger partial charge in [0.1, 0.15) is 0 Å². The molecule has 0 amide bonds. The summed E-state index contributed by atoms with van der Waals surface area (Å²) in [5.74, 6) is 1.02. The largest absolute Gasteiger partial charge is 0.317 e. The first-order valence-corrected chi connectivity index (χ1v) is 8.60. The lowest BCUT2D eigenvalue weighted by atomic mass is 9.75. The first kappa shape index (κ1) is 15.3. The van der Waals surface area contributed by atoms with Crippen LogP contribution < -0.4 is 5.32 Å².